The Bertz CT molecular complexity index is 685. The first-order chi connectivity index (χ1) is 11.0. The Kier molecular flexibility index (Phi) is 5.65. The molecule has 0 saturated carbocycles. The van der Waals surface area contributed by atoms with Gasteiger partial charge in [-0.15, -0.1) is 0 Å². The summed E-state index contributed by atoms with van der Waals surface area (Å²) in [5.41, 5.74) is 7.62. The number of nitrogens with zero attached hydrogens (tertiary/aromatic N) is 3. The van der Waals surface area contributed by atoms with Gasteiger partial charge >= 0.3 is 0 Å². The third kappa shape index (κ3) is 4.75. The van der Waals surface area contributed by atoms with Gasteiger partial charge in [-0.1, -0.05) is 17.7 Å². The third-order valence-electron chi connectivity index (χ3n) is 3.12. The maximum Gasteiger partial charge on any atom is 0.193 e. The fourth-order valence-corrected chi connectivity index (χ4v) is 2.14. The van der Waals surface area contributed by atoms with Crippen LogP contribution < -0.4 is 20.7 Å². The fourth-order valence-electron chi connectivity index (χ4n) is 1.88. The third-order valence-corrected chi connectivity index (χ3v) is 3.42. The van der Waals surface area contributed by atoms with E-state index in [0.717, 1.165) is 17.1 Å². The Morgan fingerprint density at radius 3 is 2.70 bits per heavy atom. The van der Waals surface area contributed by atoms with Crippen molar-refractivity contribution in [3.05, 3.63) is 47.1 Å². The van der Waals surface area contributed by atoms with Crippen LogP contribution in [0.25, 0.3) is 0 Å². The van der Waals surface area contributed by atoms with Crippen molar-refractivity contribution in [2.45, 2.75) is 6.54 Å². The van der Waals surface area contributed by atoms with E-state index in [2.05, 4.69) is 15.3 Å². The average Bonchev–Trinajstić information content (AvgIpc) is 2.53. The number of anilines is 2. The average molecular weight is 334 g/mol. The molecule has 0 aliphatic heterocycles. The Morgan fingerprint density at radius 1 is 1.35 bits per heavy atom. The van der Waals surface area contributed by atoms with Crippen LogP contribution in [-0.2, 0) is 6.54 Å². The molecule has 0 aliphatic carbocycles. The lowest BCUT2D eigenvalue weighted by molar-refractivity contribution is 0.415. The lowest BCUT2D eigenvalue weighted by Gasteiger charge is -2.11. The number of aromatic nitrogens is 1. The van der Waals surface area contributed by atoms with Crippen molar-refractivity contribution in [3.8, 4) is 5.75 Å². The Labute approximate surface area is 140 Å². The number of aliphatic imine (C=N–C) groups is 1. The number of hydrogen-bond acceptors (Lipinski definition) is 4. The predicted molar refractivity (Wildman–Crippen MR) is 95.5 cm³/mol. The minimum Gasteiger partial charge on any atom is -0.495 e. The van der Waals surface area contributed by atoms with Crippen molar-refractivity contribution in [1.82, 2.24) is 4.98 Å². The van der Waals surface area contributed by atoms with Gasteiger partial charge in [0, 0.05) is 26.0 Å². The number of nitrogens with two attached hydrogens (primary N) is 1. The van der Waals surface area contributed by atoms with Gasteiger partial charge in [0.1, 0.15) is 11.6 Å². The quantitative estimate of drug-likeness (QED) is 0.650. The van der Waals surface area contributed by atoms with Crippen molar-refractivity contribution >= 4 is 29.1 Å². The van der Waals surface area contributed by atoms with Gasteiger partial charge in [-0.05, 0) is 29.8 Å². The second-order valence-corrected chi connectivity index (χ2v) is 5.50. The van der Waals surface area contributed by atoms with Gasteiger partial charge < -0.3 is 20.7 Å². The summed E-state index contributed by atoms with van der Waals surface area (Å²) in [6, 6.07) is 9.24. The second kappa shape index (κ2) is 7.69. The van der Waals surface area contributed by atoms with E-state index in [0.29, 0.717) is 23.3 Å². The standard InChI is InChI=1S/C16H20ClN5O/c1-22(2)15-7-4-11(9-19-15)10-20-16(18)21-12-5-6-14(23-3)13(17)8-12/h4-9H,10H2,1-3H3,(H3,18,20,21). The first kappa shape index (κ1) is 16.9. The molecule has 122 valence electrons. The summed E-state index contributed by atoms with van der Waals surface area (Å²) in [6.07, 6.45) is 1.79. The summed E-state index contributed by atoms with van der Waals surface area (Å²) >= 11 is 6.07. The highest BCUT2D eigenvalue weighted by atomic mass is 35.5. The lowest BCUT2D eigenvalue weighted by Crippen LogP contribution is -2.22. The van der Waals surface area contributed by atoms with E-state index in [1.54, 1.807) is 25.4 Å². The van der Waals surface area contributed by atoms with E-state index >= 15 is 0 Å². The summed E-state index contributed by atoms with van der Waals surface area (Å²) in [5, 5.41) is 3.50. The molecule has 6 nitrogen and oxygen atoms in total. The predicted octanol–water partition coefficient (Wildman–Crippen LogP) is 2.74. The van der Waals surface area contributed by atoms with Crippen LogP contribution in [0.5, 0.6) is 5.75 Å². The maximum atomic E-state index is 6.07. The van der Waals surface area contributed by atoms with Gasteiger partial charge in [-0.25, -0.2) is 9.98 Å². The number of halogens is 1. The lowest BCUT2D eigenvalue weighted by atomic mass is 10.3. The van der Waals surface area contributed by atoms with Crippen molar-refractivity contribution in [2.75, 3.05) is 31.4 Å². The van der Waals surface area contributed by atoms with E-state index in [4.69, 9.17) is 22.1 Å². The van der Waals surface area contributed by atoms with Gasteiger partial charge in [-0.3, -0.25) is 0 Å². The highest BCUT2D eigenvalue weighted by Crippen LogP contribution is 2.27. The number of rotatable bonds is 5. The molecule has 0 radical (unpaired) electrons. The molecule has 0 fully saturated rings. The molecule has 1 aromatic heterocycles. The normalized spacial score (nSPS) is 11.2. The van der Waals surface area contributed by atoms with Crippen molar-refractivity contribution in [2.24, 2.45) is 10.7 Å². The molecule has 0 bridgehead atoms. The molecule has 2 rings (SSSR count). The first-order valence-electron chi connectivity index (χ1n) is 7.02. The van der Waals surface area contributed by atoms with Crippen LogP contribution >= 0.6 is 11.6 Å². The molecule has 1 aromatic carbocycles. The molecule has 1 heterocycles. The monoisotopic (exact) mass is 333 g/mol. The number of benzene rings is 1. The minimum atomic E-state index is 0.308. The zero-order chi connectivity index (χ0) is 16.8. The zero-order valence-corrected chi connectivity index (χ0v) is 14.1. The van der Waals surface area contributed by atoms with Crippen molar-refractivity contribution in [1.29, 1.82) is 0 Å². The molecule has 0 amide bonds. The Balaban J connectivity index is 1.98. The molecule has 0 aliphatic rings. The summed E-state index contributed by atoms with van der Waals surface area (Å²) in [4.78, 5) is 10.6. The maximum absolute atomic E-state index is 6.07. The molecular weight excluding hydrogens is 314 g/mol. The van der Waals surface area contributed by atoms with E-state index < -0.39 is 0 Å². The Hall–Kier alpha value is -2.47. The molecular formula is C16H20ClN5O. The van der Waals surface area contributed by atoms with Gasteiger partial charge in [0.25, 0.3) is 0 Å². The zero-order valence-electron chi connectivity index (χ0n) is 13.4. The molecule has 0 atom stereocenters. The van der Waals surface area contributed by atoms with Crippen LogP contribution in [0.15, 0.2) is 41.5 Å². The van der Waals surface area contributed by atoms with Crippen LogP contribution in [0.2, 0.25) is 5.02 Å². The number of ether oxygens (including phenoxy) is 1. The smallest absolute Gasteiger partial charge is 0.193 e. The summed E-state index contributed by atoms with van der Waals surface area (Å²) < 4.78 is 5.11. The van der Waals surface area contributed by atoms with Crippen molar-refractivity contribution in [3.63, 3.8) is 0 Å². The molecule has 2 aromatic rings. The highest BCUT2D eigenvalue weighted by Gasteiger charge is 2.03. The van der Waals surface area contributed by atoms with Crippen LogP contribution in [0.3, 0.4) is 0 Å². The van der Waals surface area contributed by atoms with E-state index in [1.807, 2.05) is 37.2 Å². The molecule has 3 N–H and O–H groups in total. The highest BCUT2D eigenvalue weighted by molar-refractivity contribution is 6.32. The van der Waals surface area contributed by atoms with Gasteiger partial charge in [0.05, 0.1) is 18.7 Å². The minimum absolute atomic E-state index is 0.308. The fraction of sp³-hybridized carbons (Fsp3) is 0.250. The largest absolute Gasteiger partial charge is 0.495 e. The van der Waals surface area contributed by atoms with E-state index in [9.17, 15) is 0 Å². The van der Waals surface area contributed by atoms with Crippen LogP contribution in [0.4, 0.5) is 11.5 Å². The first-order valence-corrected chi connectivity index (χ1v) is 7.40. The van der Waals surface area contributed by atoms with Crippen LogP contribution in [0, 0.1) is 0 Å². The van der Waals surface area contributed by atoms with Crippen LogP contribution in [-0.4, -0.2) is 32.1 Å². The second-order valence-electron chi connectivity index (χ2n) is 5.09. The number of pyridine rings is 1. The van der Waals surface area contributed by atoms with Gasteiger partial charge in [-0.2, -0.15) is 0 Å². The number of hydrogen-bond donors (Lipinski definition) is 2. The topological polar surface area (TPSA) is 75.8 Å². The number of nitrogens with one attached hydrogen (secondary N) is 1. The molecule has 0 unspecified atom stereocenters. The SMILES string of the molecule is COc1ccc(NC(N)=NCc2ccc(N(C)C)nc2)cc1Cl. The summed E-state index contributed by atoms with van der Waals surface area (Å²) in [6.45, 7) is 0.448. The molecule has 7 heteroatoms. The van der Waals surface area contributed by atoms with E-state index in [-0.39, 0.29) is 0 Å². The number of methoxy groups -OCH3 is 1. The van der Waals surface area contributed by atoms with Crippen molar-refractivity contribution < 1.29 is 4.74 Å². The number of guanidine groups is 1. The molecule has 0 saturated heterocycles. The Morgan fingerprint density at radius 2 is 2.13 bits per heavy atom. The van der Waals surface area contributed by atoms with Gasteiger partial charge in [0.2, 0.25) is 0 Å². The molecule has 23 heavy (non-hydrogen) atoms. The van der Waals surface area contributed by atoms with Crippen LogP contribution in [0.1, 0.15) is 5.56 Å². The summed E-state index contributed by atoms with van der Waals surface area (Å²) in [7, 11) is 5.46. The van der Waals surface area contributed by atoms with Gasteiger partial charge in [0.15, 0.2) is 5.96 Å². The molecule has 0 spiro atoms. The van der Waals surface area contributed by atoms with E-state index in [1.165, 1.54) is 0 Å². The summed E-state index contributed by atoms with van der Waals surface area (Å²) in [5.74, 6) is 1.82.